The van der Waals surface area contributed by atoms with Crippen LogP contribution in [-0.4, -0.2) is 22.2 Å². The number of aliphatic carboxylic acids is 1. The number of benzene rings is 1. The van der Waals surface area contributed by atoms with Crippen molar-refractivity contribution in [2.75, 3.05) is 0 Å². The minimum absolute atomic E-state index is 0.148. The first-order chi connectivity index (χ1) is 8.15. The number of aromatic carboxylic acids is 1. The SMILES string of the molecule is Cc1cc(F)c(C(=O)O)cc1CC(C)(C)C(=O)O. The van der Waals surface area contributed by atoms with Crippen molar-refractivity contribution >= 4 is 11.9 Å². The van der Waals surface area contributed by atoms with Gasteiger partial charge in [-0.1, -0.05) is 0 Å². The zero-order chi connectivity index (χ0) is 14.1. The highest BCUT2D eigenvalue weighted by Crippen LogP contribution is 2.26. The lowest BCUT2D eigenvalue weighted by molar-refractivity contribution is -0.146. The molecule has 0 atom stereocenters. The number of halogens is 1. The van der Waals surface area contributed by atoms with E-state index < -0.39 is 28.7 Å². The van der Waals surface area contributed by atoms with Crippen molar-refractivity contribution in [2.24, 2.45) is 5.41 Å². The molecule has 0 aliphatic heterocycles. The highest BCUT2D eigenvalue weighted by atomic mass is 19.1. The van der Waals surface area contributed by atoms with Gasteiger partial charge in [-0.15, -0.1) is 0 Å². The Kier molecular flexibility index (Phi) is 3.74. The fraction of sp³-hybridized carbons (Fsp3) is 0.385. The summed E-state index contributed by atoms with van der Waals surface area (Å²) in [5, 5.41) is 17.9. The second kappa shape index (κ2) is 4.76. The van der Waals surface area contributed by atoms with Gasteiger partial charge in [0.1, 0.15) is 5.82 Å². The molecule has 0 spiro atoms. The molecule has 0 radical (unpaired) electrons. The number of rotatable bonds is 4. The number of hydrogen-bond donors (Lipinski definition) is 2. The molecular weight excluding hydrogens is 239 g/mol. The summed E-state index contributed by atoms with van der Waals surface area (Å²) in [6, 6.07) is 2.33. The van der Waals surface area contributed by atoms with Crippen molar-refractivity contribution in [3.8, 4) is 0 Å². The van der Waals surface area contributed by atoms with Crippen LogP contribution in [0.5, 0.6) is 0 Å². The van der Waals surface area contributed by atoms with Gasteiger partial charge in [0.05, 0.1) is 11.0 Å². The monoisotopic (exact) mass is 254 g/mol. The third-order valence-corrected chi connectivity index (χ3v) is 2.87. The topological polar surface area (TPSA) is 74.6 Å². The minimum Gasteiger partial charge on any atom is -0.481 e. The van der Waals surface area contributed by atoms with Crippen LogP contribution in [0, 0.1) is 18.2 Å². The molecule has 0 amide bonds. The Bertz CT molecular complexity index is 506. The highest BCUT2D eigenvalue weighted by molar-refractivity contribution is 5.88. The van der Waals surface area contributed by atoms with E-state index in [9.17, 15) is 14.0 Å². The first-order valence-electron chi connectivity index (χ1n) is 5.41. The summed E-state index contributed by atoms with van der Waals surface area (Å²) < 4.78 is 13.4. The van der Waals surface area contributed by atoms with Crippen LogP contribution in [0.2, 0.25) is 0 Å². The van der Waals surface area contributed by atoms with Crippen LogP contribution in [-0.2, 0) is 11.2 Å². The lowest BCUT2D eigenvalue weighted by Gasteiger charge is -2.20. The van der Waals surface area contributed by atoms with Gasteiger partial charge in [-0.3, -0.25) is 4.79 Å². The van der Waals surface area contributed by atoms with Crippen molar-refractivity contribution in [2.45, 2.75) is 27.2 Å². The summed E-state index contributed by atoms with van der Waals surface area (Å²) in [4.78, 5) is 21.9. The summed E-state index contributed by atoms with van der Waals surface area (Å²) in [5.74, 6) is -3.15. The summed E-state index contributed by atoms with van der Waals surface area (Å²) in [7, 11) is 0. The zero-order valence-corrected chi connectivity index (χ0v) is 10.5. The van der Waals surface area contributed by atoms with Crippen LogP contribution >= 0.6 is 0 Å². The summed E-state index contributed by atoms with van der Waals surface area (Å²) in [6.45, 7) is 4.71. The molecule has 1 rings (SSSR count). The van der Waals surface area contributed by atoms with Gasteiger partial charge in [-0.05, 0) is 50.5 Å². The third kappa shape index (κ3) is 2.85. The maximum atomic E-state index is 13.4. The Morgan fingerprint density at radius 3 is 2.28 bits per heavy atom. The third-order valence-electron chi connectivity index (χ3n) is 2.87. The van der Waals surface area contributed by atoms with Gasteiger partial charge in [0.25, 0.3) is 0 Å². The van der Waals surface area contributed by atoms with Crippen molar-refractivity contribution in [1.29, 1.82) is 0 Å². The molecule has 2 N–H and O–H groups in total. The molecule has 98 valence electrons. The molecule has 0 saturated carbocycles. The maximum Gasteiger partial charge on any atom is 0.338 e. The average Bonchev–Trinajstić information content (AvgIpc) is 2.21. The lowest BCUT2D eigenvalue weighted by Crippen LogP contribution is -2.26. The van der Waals surface area contributed by atoms with Gasteiger partial charge in [0.2, 0.25) is 0 Å². The first-order valence-corrected chi connectivity index (χ1v) is 5.41. The Morgan fingerprint density at radius 2 is 1.83 bits per heavy atom. The van der Waals surface area contributed by atoms with E-state index in [1.807, 2.05) is 0 Å². The van der Waals surface area contributed by atoms with Gasteiger partial charge in [0, 0.05) is 0 Å². The van der Waals surface area contributed by atoms with E-state index in [2.05, 4.69) is 0 Å². The molecule has 0 bridgehead atoms. The van der Waals surface area contributed by atoms with E-state index in [0.717, 1.165) is 6.07 Å². The zero-order valence-electron chi connectivity index (χ0n) is 10.5. The second-order valence-electron chi connectivity index (χ2n) is 4.93. The molecule has 0 unspecified atom stereocenters. The number of hydrogen-bond acceptors (Lipinski definition) is 2. The predicted octanol–water partition coefficient (Wildman–Crippen LogP) is 2.49. The minimum atomic E-state index is -1.36. The molecule has 4 nitrogen and oxygen atoms in total. The van der Waals surface area contributed by atoms with E-state index >= 15 is 0 Å². The Balaban J connectivity index is 3.22. The number of carboxylic acids is 2. The molecule has 18 heavy (non-hydrogen) atoms. The first kappa shape index (κ1) is 14.2. The molecule has 0 aliphatic rings. The van der Waals surface area contributed by atoms with E-state index in [1.54, 1.807) is 20.8 Å². The van der Waals surface area contributed by atoms with Crippen molar-refractivity contribution in [3.05, 3.63) is 34.6 Å². The number of carboxylic acid groups (broad SMARTS) is 2. The number of aryl methyl sites for hydroxylation is 1. The van der Waals surface area contributed by atoms with Crippen LogP contribution in [0.4, 0.5) is 4.39 Å². The molecule has 0 saturated heterocycles. The molecule has 0 aliphatic carbocycles. The molecule has 5 heteroatoms. The van der Waals surface area contributed by atoms with Gasteiger partial charge < -0.3 is 10.2 Å². The van der Waals surface area contributed by atoms with E-state index in [1.165, 1.54) is 6.07 Å². The van der Waals surface area contributed by atoms with E-state index in [-0.39, 0.29) is 6.42 Å². The van der Waals surface area contributed by atoms with Crippen LogP contribution in [0.3, 0.4) is 0 Å². The van der Waals surface area contributed by atoms with E-state index in [0.29, 0.717) is 11.1 Å². The van der Waals surface area contributed by atoms with Crippen LogP contribution in [0.25, 0.3) is 0 Å². The quantitative estimate of drug-likeness (QED) is 0.865. The fourth-order valence-corrected chi connectivity index (χ4v) is 1.62. The lowest BCUT2D eigenvalue weighted by atomic mass is 9.84. The molecule has 0 fully saturated rings. The van der Waals surface area contributed by atoms with Crippen LogP contribution in [0.15, 0.2) is 12.1 Å². The normalized spacial score (nSPS) is 11.3. The van der Waals surface area contributed by atoms with E-state index in [4.69, 9.17) is 10.2 Å². The fourth-order valence-electron chi connectivity index (χ4n) is 1.62. The molecular formula is C13H15FO4. The molecule has 1 aromatic carbocycles. The standard InChI is InChI=1S/C13H15FO4/c1-7-4-10(14)9(11(15)16)5-8(7)6-13(2,3)12(17)18/h4-5H,6H2,1-3H3,(H,15,16)(H,17,18). The van der Waals surface area contributed by atoms with Crippen molar-refractivity contribution < 1.29 is 24.2 Å². The molecule has 0 aromatic heterocycles. The van der Waals surface area contributed by atoms with Crippen LogP contribution in [0.1, 0.15) is 35.3 Å². The van der Waals surface area contributed by atoms with Gasteiger partial charge in [-0.2, -0.15) is 0 Å². The van der Waals surface area contributed by atoms with Gasteiger partial charge in [0.15, 0.2) is 0 Å². The summed E-state index contributed by atoms with van der Waals surface area (Å²) >= 11 is 0. The van der Waals surface area contributed by atoms with Gasteiger partial charge in [-0.25, -0.2) is 9.18 Å². The van der Waals surface area contributed by atoms with Crippen molar-refractivity contribution in [1.82, 2.24) is 0 Å². The Labute approximate surface area is 104 Å². The Morgan fingerprint density at radius 1 is 1.28 bits per heavy atom. The number of carbonyl (C=O) groups is 2. The summed E-state index contributed by atoms with van der Waals surface area (Å²) in [6.07, 6.45) is 0.148. The molecule has 0 heterocycles. The molecule has 1 aromatic rings. The Hall–Kier alpha value is -1.91. The van der Waals surface area contributed by atoms with Crippen LogP contribution < -0.4 is 0 Å². The maximum absolute atomic E-state index is 13.4. The summed E-state index contributed by atoms with van der Waals surface area (Å²) in [5.41, 5.74) is -0.386. The predicted molar refractivity (Wildman–Crippen MR) is 63.2 cm³/mol. The van der Waals surface area contributed by atoms with Crippen molar-refractivity contribution in [3.63, 3.8) is 0 Å². The largest absolute Gasteiger partial charge is 0.481 e. The highest BCUT2D eigenvalue weighted by Gasteiger charge is 2.28. The smallest absolute Gasteiger partial charge is 0.338 e. The average molecular weight is 254 g/mol. The van der Waals surface area contributed by atoms with Gasteiger partial charge >= 0.3 is 11.9 Å². The second-order valence-corrected chi connectivity index (χ2v) is 4.93.